The molecule has 5 nitrogen and oxygen atoms in total. The number of aryl methyl sites for hydroxylation is 2. The molecular formula is C18H23N3O2S. The standard InChI is InChI=1S/C18H23N3O2S/c1-12-11-19-17(24-12)13(2)20-18(23)21(9-10-22)16-8-7-14-5-3-4-6-15(14)16/h3-6,11,13,16,22H,7-10H2,1-2H3,(H,20,23). The SMILES string of the molecule is Cc1cnc(C(C)NC(=O)N(CCO)C2CCc3ccccc32)s1. The van der Waals surface area contributed by atoms with E-state index in [0.717, 1.165) is 22.7 Å². The van der Waals surface area contributed by atoms with E-state index in [1.54, 1.807) is 16.2 Å². The van der Waals surface area contributed by atoms with Crippen LogP contribution in [-0.4, -0.2) is 34.2 Å². The number of fused-ring (bicyclic) bond motifs is 1. The van der Waals surface area contributed by atoms with E-state index < -0.39 is 0 Å². The van der Waals surface area contributed by atoms with E-state index in [4.69, 9.17) is 0 Å². The van der Waals surface area contributed by atoms with Gasteiger partial charge in [-0.3, -0.25) is 0 Å². The molecule has 2 atom stereocenters. The van der Waals surface area contributed by atoms with Gasteiger partial charge in [-0.05, 0) is 37.8 Å². The van der Waals surface area contributed by atoms with Gasteiger partial charge < -0.3 is 15.3 Å². The maximum Gasteiger partial charge on any atom is 0.318 e. The fourth-order valence-corrected chi connectivity index (χ4v) is 4.04. The van der Waals surface area contributed by atoms with Gasteiger partial charge >= 0.3 is 6.03 Å². The van der Waals surface area contributed by atoms with E-state index in [1.165, 1.54) is 11.1 Å². The normalized spacial score (nSPS) is 17.4. The van der Waals surface area contributed by atoms with Crippen molar-refractivity contribution < 1.29 is 9.90 Å². The van der Waals surface area contributed by atoms with Crippen LogP contribution >= 0.6 is 11.3 Å². The minimum Gasteiger partial charge on any atom is -0.395 e. The molecule has 128 valence electrons. The van der Waals surface area contributed by atoms with Crippen LogP contribution in [0.5, 0.6) is 0 Å². The number of hydrogen-bond acceptors (Lipinski definition) is 4. The highest BCUT2D eigenvalue weighted by Gasteiger charge is 2.31. The predicted molar refractivity (Wildman–Crippen MR) is 95.1 cm³/mol. The lowest BCUT2D eigenvalue weighted by atomic mass is 10.1. The quantitative estimate of drug-likeness (QED) is 0.874. The second kappa shape index (κ2) is 7.32. The second-order valence-electron chi connectivity index (χ2n) is 6.15. The van der Waals surface area contributed by atoms with Crippen molar-refractivity contribution in [2.24, 2.45) is 0 Å². The van der Waals surface area contributed by atoms with Crippen LogP contribution in [-0.2, 0) is 6.42 Å². The van der Waals surface area contributed by atoms with Crippen molar-refractivity contribution >= 4 is 17.4 Å². The summed E-state index contributed by atoms with van der Waals surface area (Å²) in [4.78, 5) is 20.0. The Kier molecular flexibility index (Phi) is 5.16. The lowest BCUT2D eigenvalue weighted by Crippen LogP contribution is -2.44. The number of hydrogen-bond donors (Lipinski definition) is 2. The van der Waals surface area contributed by atoms with Crippen LogP contribution in [0, 0.1) is 6.92 Å². The van der Waals surface area contributed by atoms with Crippen LogP contribution in [0.4, 0.5) is 4.79 Å². The number of urea groups is 1. The van der Waals surface area contributed by atoms with Gasteiger partial charge in [0.25, 0.3) is 0 Å². The number of aliphatic hydroxyl groups excluding tert-OH is 1. The number of rotatable bonds is 5. The van der Waals surface area contributed by atoms with E-state index in [-0.39, 0.29) is 24.7 Å². The van der Waals surface area contributed by atoms with Crippen LogP contribution in [0.25, 0.3) is 0 Å². The molecule has 1 aromatic carbocycles. The smallest absolute Gasteiger partial charge is 0.318 e. The lowest BCUT2D eigenvalue weighted by Gasteiger charge is -2.30. The van der Waals surface area contributed by atoms with Gasteiger partial charge in [0.1, 0.15) is 5.01 Å². The van der Waals surface area contributed by atoms with E-state index >= 15 is 0 Å². The van der Waals surface area contributed by atoms with E-state index in [0.29, 0.717) is 6.54 Å². The molecule has 0 spiro atoms. The molecule has 0 bridgehead atoms. The summed E-state index contributed by atoms with van der Waals surface area (Å²) in [7, 11) is 0. The van der Waals surface area contributed by atoms with Crippen molar-refractivity contribution in [3.05, 3.63) is 51.5 Å². The van der Waals surface area contributed by atoms with Gasteiger partial charge in [0, 0.05) is 17.6 Å². The number of aliphatic hydroxyl groups is 1. The molecule has 0 saturated carbocycles. The predicted octanol–water partition coefficient (Wildman–Crippen LogP) is 3.20. The lowest BCUT2D eigenvalue weighted by molar-refractivity contribution is 0.149. The third-order valence-electron chi connectivity index (χ3n) is 4.43. The van der Waals surface area contributed by atoms with E-state index in [9.17, 15) is 9.90 Å². The van der Waals surface area contributed by atoms with Crippen LogP contribution < -0.4 is 5.32 Å². The molecular weight excluding hydrogens is 322 g/mol. The number of amides is 2. The van der Waals surface area contributed by atoms with Crippen LogP contribution in [0.15, 0.2) is 30.5 Å². The minimum atomic E-state index is -0.147. The Bertz CT molecular complexity index is 716. The molecule has 1 aromatic heterocycles. The number of carbonyl (C=O) groups excluding carboxylic acids is 1. The molecule has 0 radical (unpaired) electrons. The van der Waals surface area contributed by atoms with Gasteiger partial charge in [-0.1, -0.05) is 24.3 Å². The molecule has 2 N–H and O–H groups in total. The molecule has 24 heavy (non-hydrogen) atoms. The summed E-state index contributed by atoms with van der Waals surface area (Å²) < 4.78 is 0. The number of nitrogens with one attached hydrogen (secondary N) is 1. The molecule has 0 aliphatic heterocycles. The Morgan fingerprint density at radius 3 is 3.00 bits per heavy atom. The van der Waals surface area contributed by atoms with Crippen molar-refractivity contribution in [2.45, 2.75) is 38.8 Å². The maximum atomic E-state index is 12.8. The van der Waals surface area contributed by atoms with Crippen molar-refractivity contribution in [3.63, 3.8) is 0 Å². The molecule has 2 amide bonds. The topological polar surface area (TPSA) is 65.5 Å². The summed E-state index contributed by atoms with van der Waals surface area (Å²) >= 11 is 1.59. The Labute approximate surface area is 146 Å². The highest BCUT2D eigenvalue weighted by molar-refractivity contribution is 7.11. The molecule has 2 aromatic rings. The summed E-state index contributed by atoms with van der Waals surface area (Å²) in [6.07, 6.45) is 3.69. The molecule has 0 fully saturated rings. The zero-order chi connectivity index (χ0) is 17.1. The summed E-state index contributed by atoms with van der Waals surface area (Å²) in [6.45, 7) is 4.23. The average molecular weight is 345 g/mol. The van der Waals surface area contributed by atoms with Crippen LogP contribution in [0.1, 0.15) is 46.4 Å². The zero-order valence-corrected chi connectivity index (χ0v) is 14.8. The Balaban J connectivity index is 1.75. The highest BCUT2D eigenvalue weighted by atomic mass is 32.1. The maximum absolute atomic E-state index is 12.8. The second-order valence-corrected chi connectivity index (χ2v) is 7.42. The van der Waals surface area contributed by atoms with Gasteiger partial charge in [-0.15, -0.1) is 11.3 Å². The van der Waals surface area contributed by atoms with E-state index in [2.05, 4.69) is 22.4 Å². The fraction of sp³-hybridized carbons (Fsp3) is 0.444. The fourth-order valence-electron chi connectivity index (χ4n) is 3.27. The first-order valence-corrected chi connectivity index (χ1v) is 9.10. The van der Waals surface area contributed by atoms with Crippen LogP contribution in [0.2, 0.25) is 0 Å². The first-order chi connectivity index (χ1) is 11.6. The minimum absolute atomic E-state index is 0.0265. The highest BCUT2D eigenvalue weighted by Crippen LogP contribution is 2.35. The summed E-state index contributed by atoms with van der Waals surface area (Å²) in [5, 5.41) is 13.3. The number of aromatic nitrogens is 1. The average Bonchev–Trinajstić information content (AvgIpc) is 3.19. The monoisotopic (exact) mass is 345 g/mol. The summed E-state index contributed by atoms with van der Waals surface area (Å²) in [5.74, 6) is 0. The molecule has 0 saturated heterocycles. The third-order valence-corrected chi connectivity index (χ3v) is 5.52. The summed E-state index contributed by atoms with van der Waals surface area (Å²) in [5.41, 5.74) is 2.49. The van der Waals surface area contributed by atoms with Crippen molar-refractivity contribution in [3.8, 4) is 0 Å². The molecule has 2 unspecified atom stereocenters. The molecule has 1 heterocycles. The van der Waals surface area contributed by atoms with Gasteiger partial charge in [0.05, 0.1) is 18.7 Å². The Morgan fingerprint density at radius 1 is 1.50 bits per heavy atom. The van der Waals surface area contributed by atoms with E-state index in [1.807, 2.05) is 32.2 Å². The number of benzene rings is 1. The number of nitrogens with zero attached hydrogens (tertiary/aromatic N) is 2. The molecule has 6 heteroatoms. The van der Waals surface area contributed by atoms with Gasteiger partial charge in [0.15, 0.2) is 0 Å². The number of carbonyl (C=O) groups is 1. The van der Waals surface area contributed by atoms with Crippen molar-refractivity contribution in [1.29, 1.82) is 0 Å². The zero-order valence-electron chi connectivity index (χ0n) is 14.0. The van der Waals surface area contributed by atoms with Crippen molar-refractivity contribution in [2.75, 3.05) is 13.2 Å². The van der Waals surface area contributed by atoms with Crippen molar-refractivity contribution in [1.82, 2.24) is 15.2 Å². The summed E-state index contributed by atoms with van der Waals surface area (Å²) in [6, 6.07) is 7.97. The Morgan fingerprint density at radius 2 is 2.29 bits per heavy atom. The largest absolute Gasteiger partial charge is 0.395 e. The first-order valence-electron chi connectivity index (χ1n) is 8.28. The first kappa shape index (κ1) is 16.9. The number of thiazole rings is 1. The van der Waals surface area contributed by atoms with Gasteiger partial charge in [0.2, 0.25) is 0 Å². The Hall–Kier alpha value is -1.92. The van der Waals surface area contributed by atoms with Crippen LogP contribution in [0.3, 0.4) is 0 Å². The molecule has 1 aliphatic rings. The molecule has 3 rings (SSSR count). The third kappa shape index (κ3) is 3.44. The van der Waals surface area contributed by atoms with Gasteiger partial charge in [-0.2, -0.15) is 0 Å². The molecule has 1 aliphatic carbocycles. The van der Waals surface area contributed by atoms with Gasteiger partial charge in [-0.25, -0.2) is 9.78 Å².